The first-order valence-corrected chi connectivity index (χ1v) is 10.4. The van der Waals surface area contributed by atoms with E-state index in [-0.39, 0.29) is 36.3 Å². The fraction of sp³-hybridized carbons (Fsp3) is 0.409. The Labute approximate surface area is 180 Å². The van der Waals surface area contributed by atoms with Gasteiger partial charge >= 0.3 is 0 Å². The number of likely N-dealkylation sites (tertiary alicyclic amines) is 1. The number of carbonyl (C=O) groups is 1. The Morgan fingerprint density at radius 1 is 1.17 bits per heavy atom. The van der Waals surface area contributed by atoms with Gasteiger partial charge in [0, 0.05) is 29.7 Å². The van der Waals surface area contributed by atoms with Crippen molar-refractivity contribution in [2.45, 2.75) is 31.5 Å². The Morgan fingerprint density at radius 2 is 1.87 bits per heavy atom. The molecule has 8 heteroatoms. The number of phenols is 1. The Hall–Kier alpha value is -2.32. The molecular formula is C22H26ClN3O4. The lowest BCUT2D eigenvalue weighted by atomic mass is 9.83. The van der Waals surface area contributed by atoms with E-state index in [0.717, 1.165) is 16.9 Å². The molecule has 4 N–H and O–H groups in total. The minimum Gasteiger partial charge on any atom is -0.508 e. The molecule has 4 atom stereocenters. The monoisotopic (exact) mass is 431 g/mol. The molecule has 1 amide bonds. The summed E-state index contributed by atoms with van der Waals surface area (Å²) < 4.78 is 5.28. The van der Waals surface area contributed by atoms with Crippen LogP contribution >= 0.6 is 11.6 Å². The van der Waals surface area contributed by atoms with E-state index in [1.165, 1.54) is 0 Å². The topological polar surface area (TPSA) is 94.1 Å². The zero-order valence-electron chi connectivity index (χ0n) is 16.9. The van der Waals surface area contributed by atoms with Crippen LogP contribution in [-0.4, -0.2) is 47.3 Å². The fourth-order valence-electron chi connectivity index (χ4n) is 4.59. The quantitative estimate of drug-likeness (QED) is 0.561. The highest BCUT2D eigenvalue weighted by Crippen LogP contribution is 2.49. The van der Waals surface area contributed by atoms with Gasteiger partial charge in [0.15, 0.2) is 0 Å². The van der Waals surface area contributed by atoms with Gasteiger partial charge in [0.05, 0.1) is 19.2 Å². The van der Waals surface area contributed by atoms with Gasteiger partial charge in [-0.05, 0) is 48.7 Å². The smallest absolute Gasteiger partial charge is 0.242 e. The summed E-state index contributed by atoms with van der Waals surface area (Å²) in [6, 6.07) is 10.1. The first-order valence-electron chi connectivity index (χ1n) is 10.0. The summed E-state index contributed by atoms with van der Waals surface area (Å²) >= 11 is 6.34. The number of nitrogens with zero attached hydrogens (tertiary/aromatic N) is 1. The van der Waals surface area contributed by atoms with Crippen LogP contribution in [0, 0.1) is 12.8 Å². The normalized spacial score (nSPS) is 25.6. The molecule has 0 radical (unpaired) electrons. The second kappa shape index (κ2) is 8.43. The number of carbonyl (C=O) groups excluding carboxylic acids is 1. The number of benzene rings is 2. The first-order chi connectivity index (χ1) is 14.5. The third-order valence-electron chi connectivity index (χ3n) is 6.07. The third-order valence-corrected chi connectivity index (χ3v) is 6.48. The number of aromatic hydroxyl groups is 1. The second-order valence-corrected chi connectivity index (χ2v) is 8.22. The van der Waals surface area contributed by atoms with Gasteiger partial charge in [-0.1, -0.05) is 23.7 Å². The molecule has 2 aromatic rings. The van der Waals surface area contributed by atoms with Gasteiger partial charge in [-0.3, -0.25) is 4.79 Å². The molecule has 4 rings (SSSR count). The number of amides is 1. The molecule has 2 saturated heterocycles. The number of rotatable bonds is 6. The number of aryl methyl sites for hydroxylation is 1. The van der Waals surface area contributed by atoms with Crippen LogP contribution in [0.5, 0.6) is 11.5 Å². The van der Waals surface area contributed by atoms with Gasteiger partial charge in [0.1, 0.15) is 17.5 Å². The Balaban J connectivity index is 1.76. The average Bonchev–Trinajstić information content (AvgIpc) is 3.28. The van der Waals surface area contributed by atoms with Crippen molar-refractivity contribution in [2.75, 3.05) is 20.3 Å². The van der Waals surface area contributed by atoms with Crippen molar-refractivity contribution in [1.29, 1.82) is 0 Å². The predicted molar refractivity (Wildman–Crippen MR) is 113 cm³/mol. The molecule has 7 nitrogen and oxygen atoms in total. The molecule has 4 unspecified atom stereocenters. The van der Waals surface area contributed by atoms with Gasteiger partial charge < -0.3 is 19.8 Å². The summed E-state index contributed by atoms with van der Waals surface area (Å²) in [7, 11) is 1.61. The maximum absolute atomic E-state index is 13.2. The van der Waals surface area contributed by atoms with Gasteiger partial charge in [0.2, 0.25) is 5.91 Å². The molecule has 0 aliphatic carbocycles. The zero-order chi connectivity index (χ0) is 21.4. The number of methoxy groups -OCH3 is 1. The van der Waals surface area contributed by atoms with Crippen molar-refractivity contribution in [2.24, 2.45) is 5.92 Å². The zero-order valence-corrected chi connectivity index (χ0v) is 17.7. The van der Waals surface area contributed by atoms with Gasteiger partial charge in [-0.25, -0.2) is 10.9 Å². The van der Waals surface area contributed by atoms with Crippen LogP contribution in [-0.2, 0) is 4.79 Å². The lowest BCUT2D eigenvalue weighted by Gasteiger charge is -2.31. The maximum atomic E-state index is 13.2. The van der Waals surface area contributed by atoms with E-state index in [2.05, 4.69) is 10.9 Å². The molecule has 2 aliphatic heterocycles. The van der Waals surface area contributed by atoms with Gasteiger partial charge in [-0.2, -0.15) is 0 Å². The molecule has 0 aromatic heterocycles. The van der Waals surface area contributed by atoms with Crippen molar-refractivity contribution in [3.8, 4) is 11.5 Å². The molecule has 160 valence electrons. The molecule has 30 heavy (non-hydrogen) atoms. The van der Waals surface area contributed by atoms with Crippen molar-refractivity contribution in [1.82, 2.24) is 15.8 Å². The van der Waals surface area contributed by atoms with Crippen molar-refractivity contribution in [3.05, 3.63) is 58.1 Å². The van der Waals surface area contributed by atoms with E-state index in [1.807, 2.05) is 36.1 Å². The summed E-state index contributed by atoms with van der Waals surface area (Å²) in [5, 5.41) is 20.5. The summed E-state index contributed by atoms with van der Waals surface area (Å²) in [5.41, 5.74) is 8.75. The Morgan fingerprint density at radius 3 is 2.53 bits per heavy atom. The lowest BCUT2D eigenvalue weighted by molar-refractivity contribution is -0.130. The number of aliphatic hydroxyl groups excluding tert-OH is 1. The molecule has 2 aromatic carbocycles. The van der Waals surface area contributed by atoms with E-state index < -0.39 is 6.04 Å². The highest BCUT2D eigenvalue weighted by molar-refractivity contribution is 6.31. The van der Waals surface area contributed by atoms with Crippen LogP contribution in [0.25, 0.3) is 0 Å². The molecule has 0 bridgehead atoms. The minimum absolute atomic E-state index is 0.0118. The van der Waals surface area contributed by atoms with E-state index in [9.17, 15) is 15.0 Å². The van der Waals surface area contributed by atoms with Crippen LogP contribution in [0.2, 0.25) is 5.02 Å². The van der Waals surface area contributed by atoms with Crippen LogP contribution in [0.4, 0.5) is 0 Å². The summed E-state index contributed by atoms with van der Waals surface area (Å²) in [6.07, 6.45) is 0.498. The molecule has 2 heterocycles. The number of aliphatic hydroxyl groups is 1. The lowest BCUT2D eigenvalue weighted by Crippen LogP contribution is -2.41. The van der Waals surface area contributed by atoms with Crippen LogP contribution < -0.4 is 15.6 Å². The second-order valence-electron chi connectivity index (χ2n) is 7.81. The van der Waals surface area contributed by atoms with Crippen molar-refractivity contribution < 1.29 is 19.7 Å². The summed E-state index contributed by atoms with van der Waals surface area (Å²) in [6.45, 7) is 2.30. The van der Waals surface area contributed by atoms with E-state index in [0.29, 0.717) is 23.6 Å². The largest absolute Gasteiger partial charge is 0.508 e. The van der Waals surface area contributed by atoms with Gasteiger partial charge in [0.25, 0.3) is 0 Å². The third kappa shape index (κ3) is 3.52. The summed E-state index contributed by atoms with van der Waals surface area (Å²) in [5.74, 6) is 0.687. The molecule has 2 aliphatic rings. The SMILES string of the molecule is COc1ccc(C2C3C(NNC3c3cc(Cl)c(C)cc3O)C(=O)N2CCCO)cc1. The minimum atomic E-state index is -0.444. The number of hydrazine groups is 1. The van der Waals surface area contributed by atoms with Crippen molar-refractivity contribution in [3.63, 3.8) is 0 Å². The van der Waals surface area contributed by atoms with E-state index in [4.69, 9.17) is 16.3 Å². The van der Waals surface area contributed by atoms with Crippen LogP contribution in [0.15, 0.2) is 36.4 Å². The molecule has 0 saturated carbocycles. The van der Waals surface area contributed by atoms with E-state index >= 15 is 0 Å². The van der Waals surface area contributed by atoms with Crippen LogP contribution in [0.3, 0.4) is 0 Å². The predicted octanol–water partition coefficient (Wildman–Crippen LogP) is 2.46. The van der Waals surface area contributed by atoms with Crippen LogP contribution in [0.1, 0.15) is 35.2 Å². The van der Waals surface area contributed by atoms with Gasteiger partial charge in [-0.15, -0.1) is 0 Å². The first kappa shape index (κ1) is 20.9. The number of hydrogen-bond acceptors (Lipinski definition) is 6. The number of hydrogen-bond donors (Lipinski definition) is 4. The van der Waals surface area contributed by atoms with E-state index in [1.54, 1.807) is 19.2 Å². The Bertz CT molecular complexity index is 937. The highest BCUT2D eigenvalue weighted by Gasteiger charge is 2.55. The molecule has 0 spiro atoms. The fourth-order valence-corrected chi connectivity index (χ4v) is 4.76. The Kier molecular flexibility index (Phi) is 5.88. The summed E-state index contributed by atoms with van der Waals surface area (Å²) in [4.78, 5) is 15.0. The maximum Gasteiger partial charge on any atom is 0.242 e. The van der Waals surface area contributed by atoms with Crippen molar-refractivity contribution >= 4 is 17.5 Å². The number of ether oxygens (including phenoxy) is 1. The number of phenolic OH excluding ortho intramolecular Hbond substituents is 1. The standard InChI is InChI=1S/C22H26ClN3O4/c1-12-10-17(28)15(11-16(12)23)19-18-20(25-24-19)22(29)26(8-3-9-27)21(18)13-4-6-14(30-2)7-5-13/h4-7,10-11,18-21,24-25,27-28H,3,8-9H2,1-2H3. The molecule has 2 fully saturated rings. The number of halogens is 1. The number of fused-ring (bicyclic) bond motifs is 1. The molecular weight excluding hydrogens is 406 g/mol. The number of nitrogens with one attached hydrogen (secondary N) is 2. The highest BCUT2D eigenvalue weighted by atomic mass is 35.5. The average molecular weight is 432 g/mol.